The van der Waals surface area contributed by atoms with E-state index in [1.807, 2.05) is 30.3 Å². The van der Waals surface area contributed by atoms with Crippen molar-refractivity contribution in [1.29, 1.82) is 0 Å². The van der Waals surface area contributed by atoms with Gasteiger partial charge in [0.2, 0.25) is 5.91 Å². The summed E-state index contributed by atoms with van der Waals surface area (Å²) >= 11 is 3.45. The van der Waals surface area contributed by atoms with Gasteiger partial charge in [-0.3, -0.25) is 4.79 Å². The molecule has 21 heavy (non-hydrogen) atoms. The van der Waals surface area contributed by atoms with Crippen LogP contribution in [0.4, 0.5) is 5.69 Å². The van der Waals surface area contributed by atoms with Crippen LogP contribution in [0.3, 0.4) is 0 Å². The molecule has 106 valence electrons. The van der Waals surface area contributed by atoms with E-state index in [4.69, 9.17) is 5.53 Å². The molecular weight excluding hydrogens is 332 g/mol. The monoisotopic (exact) mass is 344 g/mol. The molecule has 5 nitrogen and oxygen atoms in total. The van der Waals surface area contributed by atoms with Crippen LogP contribution >= 0.6 is 15.9 Å². The lowest BCUT2D eigenvalue weighted by atomic mass is 10.1. The summed E-state index contributed by atoms with van der Waals surface area (Å²) in [5, 5.41) is 5.80. The van der Waals surface area contributed by atoms with E-state index in [1.54, 1.807) is 4.90 Å². The smallest absolute Gasteiger partial charge is 0.227 e. The van der Waals surface area contributed by atoms with E-state index in [0.717, 1.165) is 20.9 Å². The third-order valence-electron chi connectivity index (χ3n) is 3.71. The maximum absolute atomic E-state index is 12.1. The van der Waals surface area contributed by atoms with Crippen molar-refractivity contribution in [2.45, 2.75) is 6.42 Å². The summed E-state index contributed by atoms with van der Waals surface area (Å²) in [5.74, 6) is 0.193. The first-order valence-electron chi connectivity index (χ1n) is 6.68. The zero-order chi connectivity index (χ0) is 14.8. The number of hydrogen-bond acceptors (Lipinski definition) is 2. The molecule has 2 aromatic carbocycles. The second kappa shape index (κ2) is 5.76. The molecule has 1 saturated heterocycles. The number of azide groups is 1. The Labute approximate surface area is 130 Å². The molecule has 0 radical (unpaired) electrons. The predicted octanol–water partition coefficient (Wildman–Crippen LogP) is 4.27. The Morgan fingerprint density at radius 3 is 2.86 bits per heavy atom. The lowest BCUT2D eigenvalue weighted by molar-refractivity contribution is -0.117. The zero-order valence-corrected chi connectivity index (χ0v) is 12.8. The second-order valence-corrected chi connectivity index (χ2v) is 6.08. The quantitative estimate of drug-likeness (QED) is 0.465. The standard InChI is InChI=1S/C15H13BrN4O/c16-13-3-1-12-7-14(4-2-11(12)6-13)20-9-10(5-15(20)21)8-18-19-17/h1-4,6-7,10H,5,8-9H2. The van der Waals surface area contributed by atoms with Crippen LogP contribution in [-0.4, -0.2) is 19.0 Å². The van der Waals surface area contributed by atoms with Gasteiger partial charge in [0.1, 0.15) is 0 Å². The van der Waals surface area contributed by atoms with Gasteiger partial charge >= 0.3 is 0 Å². The van der Waals surface area contributed by atoms with Gasteiger partial charge in [-0.1, -0.05) is 33.2 Å². The number of rotatable bonds is 3. The fraction of sp³-hybridized carbons (Fsp3) is 0.267. The molecule has 0 N–H and O–H groups in total. The van der Waals surface area contributed by atoms with E-state index < -0.39 is 0 Å². The van der Waals surface area contributed by atoms with Crippen molar-refractivity contribution in [2.24, 2.45) is 11.0 Å². The van der Waals surface area contributed by atoms with Gasteiger partial charge in [0, 0.05) is 34.6 Å². The Balaban J connectivity index is 1.88. The second-order valence-electron chi connectivity index (χ2n) is 5.16. The van der Waals surface area contributed by atoms with Crippen LogP contribution in [0.2, 0.25) is 0 Å². The molecule has 0 aliphatic carbocycles. The average Bonchev–Trinajstić information content (AvgIpc) is 2.85. The summed E-state index contributed by atoms with van der Waals surface area (Å²) in [4.78, 5) is 16.7. The molecule has 1 amide bonds. The molecule has 0 aromatic heterocycles. The predicted molar refractivity (Wildman–Crippen MR) is 86.1 cm³/mol. The van der Waals surface area contributed by atoms with Gasteiger partial charge in [0.25, 0.3) is 0 Å². The first-order valence-corrected chi connectivity index (χ1v) is 7.47. The number of fused-ring (bicyclic) bond motifs is 1. The van der Waals surface area contributed by atoms with E-state index in [1.165, 1.54) is 0 Å². The topological polar surface area (TPSA) is 69.1 Å². The van der Waals surface area contributed by atoms with Gasteiger partial charge in [-0.15, -0.1) is 0 Å². The highest BCUT2D eigenvalue weighted by atomic mass is 79.9. The van der Waals surface area contributed by atoms with Crippen molar-refractivity contribution in [3.05, 3.63) is 51.3 Å². The Kier molecular flexibility index (Phi) is 3.82. The van der Waals surface area contributed by atoms with Gasteiger partial charge in [-0.25, -0.2) is 0 Å². The number of carbonyl (C=O) groups is 1. The minimum atomic E-state index is 0.0876. The fourth-order valence-electron chi connectivity index (χ4n) is 2.68. The Morgan fingerprint density at radius 2 is 2.05 bits per heavy atom. The summed E-state index contributed by atoms with van der Waals surface area (Å²) < 4.78 is 1.04. The lowest BCUT2D eigenvalue weighted by Gasteiger charge is -2.17. The van der Waals surface area contributed by atoms with Gasteiger partial charge in [0.05, 0.1) is 0 Å². The van der Waals surface area contributed by atoms with Crippen LogP contribution in [0, 0.1) is 5.92 Å². The molecular formula is C15H13BrN4O. The van der Waals surface area contributed by atoms with Crippen molar-refractivity contribution >= 4 is 38.3 Å². The van der Waals surface area contributed by atoms with Crippen LogP contribution in [0.1, 0.15) is 6.42 Å². The van der Waals surface area contributed by atoms with Crippen molar-refractivity contribution < 1.29 is 4.79 Å². The highest BCUT2D eigenvalue weighted by molar-refractivity contribution is 9.10. The molecule has 1 unspecified atom stereocenters. The van der Waals surface area contributed by atoms with E-state index >= 15 is 0 Å². The SMILES string of the molecule is [N-]=[N+]=NCC1CC(=O)N(c2ccc3cc(Br)ccc3c2)C1. The Hall–Kier alpha value is -2.04. The van der Waals surface area contributed by atoms with Crippen molar-refractivity contribution in [1.82, 2.24) is 0 Å². The van der Waals surface area contributed by atoms with Crippen LogP contribution in [-0.2, 0) is 4.79 Å². The first-order chi connectivity index (χ1) is 10.2. The minimum absolute atomic E-state index is 0.0876. The number of hydrogen-bond donors (Lipinski definition) is 0. The summed E-state index contributed by atoms with van der Waals surface area (Å²) in [5.41, 5.74) is 9.27. The van der Waals surface area contributed by atoms with Gasteiger partial charge in [-0.2, -0.15) is 0 Å². The van der Waals surface area contributed by atoms with Crippen LogP contribution in [0.15, 0.2) is 46.0 Å². The molecule has 1 aliphatic rings. The largest absolute Gasteiger partial charge is 0.312 e. The molecule has 2 aromatic rings. The first kappa shape index (κ1) is 13.9. The summed E-state index contributed by atoms with van der Waals surface area (Å²) in [6.45, 7) is 0.985. The molecule has 3 rings (SSSR count). The van der Waals surface area contributed by atoms with Crippen molar-refractivity contribution in [3.63, 3.8) is 0 Å². The molecule has 1 heterocycles. The zero-order valence-electron chi connectivity index (χ0n) is 11.2. The third kappa shape index (κ3) is 2.86. The number of halogens is 1. The Bertz CT molecular complexity index is 754. The number of benzene rings is 2. The normalized spacial score (nSPS) is 18.0. The molecule has 0 bridgehead atoms. The maximum Gasteiger partial charge on any atom is 0.227 e. The highest BCUT2D eigenvalue weighted by Gasteiger charge is 2.30. The molecule has 1 aliphatic heterocycles. The number of nitrogens with zero attached hydrogens (tertiary/aromatic N) is 4. The summed E-state index contributed by atoms with van der Waals surface area (Å²) in [6.07, 6.45) is 0.442. The van der Waals surface area contributed by atoms with Gasteiger partial charge in [0.15, 0.2) is 0 Å². The lowest BCUT2D eigenvalue weighted by Crippen LogP contribution is -2.24. The molecule has 0 spiro atoms. The number of anilines is 1. The third-order valence-corrected chi connectivity index (χ3v) is 4.20. The molecule has 1 atom stereocenters. The van der Waals surface area contributed by atoms with E-state index in [0.29, 0.717) is 19.5 Å². The van der Waals surface area contributed by atoms with Gasteiger partial charge in [-0.05, 0) is 46.5 Å². The van der Waals surface area contributed by atoms with Gasteiger partial charge < -0.3 is 4.90 Å². The number of carbonyl (C=O) groups excluding carboxylic acids is 1. The van der Waals surface area contributed by atoms with Crippen LogP contribution < -0.4 is 4.90 Å². The van der Waals surface area contributed by atoms with Crippen LogP contribution in [0.5, 0.6) is 0 Å². The molecule has 0 saturated carbocycles. The van der Waals surface area contributed by atoms with E-state index in [9.17, 15) is 4.79 Å². The molecule has 1 fully saturated rings. The van der Waals surface area contributed by atoms with E-state index in [-0.39, 0.29) is 11.8 Å². The van der Waals surface area contributed by atoms with E-state index in [2.05, 4.69) is 32.0 Å². The number of amides is 1. The Morgan fingerprint density at radius 1 is 1.29 bits per heavy atom. The average molecular weight is 345 g/mol. The van der Waals surface area contributed by atoms with Crippen LogP contribution in [0.25, 0.3) is 21.2 Å². The maximum atomic E-state index is 12.1. The molecule has 6 heteroatoms. The minimum Gasteiger partial charge on any atom is -0.312 e. The fourth-order valence-corrected chi connectivity index (χ4v) is 3.06. The van der Waals surface area contributed by atoms with Crippen molar-refractivity contribution in [2.75, 3.05) is 18.0 Å². The highest BCUT2D eigenvalue weighted by Crippen LogP contribution is 2.29. The van der Waals surface area contributed by atoms with Crippen molar-refractivity contribution in [3.8, 4) is 0 Å². The summed E-state index contributed by atoms with van der Waals surface area (Å²) in [7, 11) is 0. The summed E-state index contributed by atoms with van der Waals surface area (Å²) in [6, 6.07) is 12.1.